The average molecular weight is 246 g/mol. The van der Waals surface area contributed by atoms with Gasteiger partial charge < -0.3 is 10.4 Å². The highest BCUT2D eigenvalue weighted by molar-refractivity contribution is 7.87. The maximum Gasteiger partial charge on any atom is 0.319 e. The van der Waals surface area contributed by atoms with Crippen LogP contribution in [-0.2, 0) is 20.4 Å². The standard InChI is InChI=1S/C9H14N2O4S/c1-2-7(9(13)14)16(15)6-8(12)11-5-3-4-10/h7H,2-3,5-6H2,1H3,(H,11,12)(H,13,14). The molecule has 0 heterocycles. The van der Waals surface area contributed by atoms with Gasteiger partial charge in [0, 0.05) is 17.3 Å². The number of carboxylic acids is 1. The van der Waals surface area contributed by atoms with Crippen molar-refractivity contribution in [2.75, 3.05) is 12.3 Å². The van der Waals surface area contributed by atoms with Crippen molar-refractivity contribution in [3.05, 3.63) is 0 Å². The highest BCUT2D eigenvalue weighted by Gasteiger charge is 2.24. The quantitative estimate of drug-likeness (QED) is 0.596. The van der Waals surface area contributed by atoms with Gasteiger partial charge in [-0.25, -0.2) is 0 Å². The van der Waals surface area contributed by atoms with E-state index >= 15 is 0 Å². The van der Waals surface area contributed by atoms with Gasteiger partial charge in [0.05, 0.1) is 12.5 Å². The number of carbonyl (C=O) groups is 2. The van der Waals surface area contributed by atoms with E-state index in [1.54, 1.807) is 6.92 Å². The summed E-state index contributed by atoms with van der Waals surface area (Å²) in [6.45, 7) is 1.79. The van der Waals surface area contributed by atoms with Gasteiger partial charge in [-0.1, -0.05) is 6.92 Å². The van der Waals surface area contributed by atoms with Gasteiger partial charge in [0.2, 0.25) is 5.91 Å². The van der Waals surface area contributed by atoms with Crippen molar-refractivity contribution in [2.45, 2.75) is 25.0 Å². The smallest absolute Gasteiger partial charge is 0.319 e. The molecule has 0 spiro atoms. The summed E-state index contributed by atoms with van der Waals surface area (Å²) in [4.78, 5) is 21.8. The zero-order valence-corrected chi connectivity index (χ0v) is 9.75. The van der Waals surface area contributed by atoms with Crippen molar-refractivity contribution in [2.24, 2.45) is 0 Å². The normalized spacial score (nSPS) is 13.5. The Labute approximate surface area is 96.1 Å². The molecule has 0 aliphatic rings. The molecule has 0 fully saturated rings. The van der Waals surface area contributed by atoms with Gasteiger partial charge in [-0.15, -0.1) is 0 Å². The van der Waals surface area contributed by atoms with Crippen LogP contribution < -0.4 is 5.32 Å². The first kappa shape index (κ1) is 14.6. The second-order valence-corrected chi connectivity index (χ2v) is 4.64. The fraction of sp³-hybridized carbons (Fsp3) is 0.667. The summed E-state index contributed by atoms with van der Waals surface area (Å²) in [5.74, 6) is -1.99. The van der Waals surface area contributed by atoms with E-state index in [4.69, 9.17) is 10.4 Å². The molecule has 7 heteroatoms. The number of carbonyl (C=O) groups excluding carboxylic acids is 1. The minimum atomic E-state index is -1.72. The minimum Gasteiger partial charge on any atom is -0.480 e. The zero-order chi connectivity index (χ0) is 12.6. The summed E-state index contributed by atoms with van der Waals surface area (Å²) in [5, 5.41) is 18.3. The fourth-order valence-electron chi connectivity index (χ4n) is 1.01. The first-order chi connectivity index (χ1) is 7.52. The molecule has 0 radical (unpaired) electrons. The number of rotatable bonds is 7. The van der Waals surface area contributed by atoms with Gasteiger partial charge >= 0.3 is 5.97 Å². The molecule has 90 valence electrons. The first-order valence-corrected chi connectivity index (χ1v) is 6.14. The van der Waals surface area contributed by atoms with Crippen LogP contribution >= 0.6 is 0 Å². The lowest BCUT2D eigenvalue weighted by atomic mass is 10.3. The Kier molecular flexibility index (Phi) is 7.12. The molecule has 2 atom stereocenters. The molecule has 2 N–H and O–H groups in total. The van der Waals surface area contributed by atoms with Crippen LogP contribution in [0.4, 0.5) is 0 Å². The maximum atomic E-state index is 11.5. The van der Waals surface area contributed by atoms with E-state index in [-0.39, 0.29) is 25.1 Å². The van der Waals surface area contributed by atoms with E-state index in [2.05, 4.69) is 5.32 Å². The Bertz CT molecular complexity index is 324. The van der Waals surface area contributed by atoms with Gasteiger partial charge in [-0.2, -0.15) is 5.26 Å². The van der Waals surface area contributed by atoms with Crippen LogP contribution in [0.25, 0.3) is 0 Å². The molecule has 0 aliphatic carbocycles. The number of hydrogen-bond donors (Lipinski definition) is 2. The SMILES string of the molecule is CCC(C(=O)O)S(=O)CC(=O)NCCC#N. The number of aliphatic carboxylic acids is 1. The van der Waals surface area contributed by atoms with Crippen molar-refractivity contribution >= 4 is 22.7 Å². The van der Waals surface area contributed by atoms with Gasteiger partial charge in [0.1, 0.15) is 11.0 Å². The largest absolute Gasteiger partial charge is 0.480 e. The van der Waals surface area contributed by atoms with Gasteiger partial charge in [0.25, 0.3) is 0 Å². The van der Waals surface area contributed by atoms with Crippen LogP contribution in [0.2, 0.25) is 0 Å². The third-order valence-electron chi connectivity index (χ3n) is 1.80. The average Bonchev–Trinajstić information content (AvgIpc) is 2.18. The lowest BCUT2D eigenvalue weighted by Crippen LogP contribution is -2.34. The van der Waals surface area contributed by atoms with Crippen LogP contribution in [-0.4, -0.2) is 38.7 Å². The topological polar surface area (TPSA) is 107 Å². The minimum absolute atomic E-state index is 0.175. The van der Waals surface area contributed by atoms with Gasteiger partial charge in [0.15, 0.2) is 0 Å². The first-order valence-electron chi connectivity index (χ1n) is 4.76. The molecule has 0 saturated heterocycles. The summed E-state index contributed by atoms with van der Waals surface area (Å²) in [6.07, 6.45) is 0.391. The van der Waals surface area contributed by atoms with Crippen molar-refractivity contribution in [3.63, 3.8) is 0 Å². The number of hydrogen-bond acceptors (Lipinski definition) is 4. The Balaban J connectivity index is 4.08. The van der Waals surface area contributed by atoms with E-state index in [0.29, 0.717) is 0 Å². The van der Waals surface area contributed by atoms with Crippen molar-refractivity contribution in [3.8, 4) is 6.07 Å². The van der Waals surface area contributed by atoms with Crippen LogP contribution in [0.5, 0.6) is 0 Å². The maximum absolute atomic E-state index is 11.5. The molecule has 6 nitrogen and oxygen atoms in total. The lowest BCUT2D eigenvalue weighted by Gasteiger charge is -2.09. The second-order valence-electron chi connectivity index (χ2n) is 3.02. The van der Waals surface area contributed by atoms with Gasteiger partial charge in [-0.3, -0.25) is 13.8 Å². The van der Waals surface area contributed by atoms with E-state index < -0.39 is 27.9 Å². The molecule has 0 aromatic carbocycles. The molecule has 16 heavy (non-hydrogen) atoms. The Morgan fingerprint density at radius 1 is 1.56 bits per heavy atom. The predicted molar refractivity (Wildman–Crippen MR) is 58.0 cm³/mol. The van der Waals surface area contributed by atoms with Crippen LogP contribution in [0, 0.1) is 11.3 Å². The van der Waals surface area contributed by atoms with E-state index in [1.807, 2.05) is 6.07 Å². The monoisotopic (exact) mass is 246 g/mol. The molecule has 0 aromatic rings. The van der Waals surface area contributed by atoms with Crippen molar-refractivity contribution in [1.29, 1.82) is 5.26 Å². The summed E-state index contributed by atoms with van der Waals surface area (Å²) >= 11 is 0. The van der Waals surface area contributed by atoms with Crippen molar-refractivity contribution in [1.82, 2.24) is 5.32 Å². The summed E-state index contributed by atoms with van der Waals surface area (Å²) in [7, 11) is -1.72. The van der Waals surface area contributed by atoms with E-state index in [1.165, 1.54) is 0 Å². The second kappa shape index (κ2) is 7.82. The van der Waals surface area contributed by atoms with Gasteiger partial charge in [-0.05, 0) is 6.42 Å². The Morgan fingerprint density at radius 2 is 2.19 bits per heavy atom. The lowest BCUT2D eigenvalue weighted by molar-refractivity contribution is -0.136. The van der Waals surface area contributed by atoms with E-state index in [0.717, 1.165) is 0 Å². The van der Waals surface area contributed by atoms with Crippen LogP contribution in [0.3, 0.4) is 0 Å². The number of nitriles is 1. The van der Waals surface area contributed by atoms with Crippen molar-refractivity contribution < 1.29 is 18.9 Å². The number of amides is 1. The highest BCUT2D eigenvalue weighted by atomic mass is 32.2. The van der Waals surface area contributed by atoms with Crippen LogP contribution in [0.15, 0.2) is 0 Å². The Morgan fingerprint density at radius 3 is 2.62 bits per heavy atom. The van der Waals surface area contributed by atoms with E-state index in [9.17, 15) is 13.8 Å². The molecule has 0 aromatic heterocycles. The third-order valence-corrected chi connectivity index (χ3v) is 3.51. The Hall–Kier alpha value is -1.42. The number of nitrogens with zero attached hydrogens (tertiary/aromatic N) is 1. The molecule has 0 bridgehead atoms. The third kappa shape index (κ3) is 5.46. The molecule has 0 rings (SSSR count). The molecule has 1 amide bonds. The molecule has 0 aliphatic heterocycles. The number of carboxylic acid groups (broad SMARTS) is 1. The molecule has 0 saturated carbocycles. The molecular weight excluding hydrogens is 232 g/mol. The van der Waals surface area contributed by atoms with Crippen LogP contribution in [0.1, 0.15) is 19.8 Å². The highest BCUT2D eigenvalue weighted by Crippen LogP contribution is 2.02. The fourth-order valence-corrected chi connectivity index (χ4v) is 2.17. The predicted octanol–water partition coefficient (Wildman–Crippen LogP) is -0.372. The zero-order valence-electron chi connectivity index (χ0n) is 8.93. The molecule has 2 unspecified atom stereocenters. The summed E-state index contributed by atoms with van der Waals surface area (Å²) in [6, 6.07) is 1.84. The molecular formula is C9H14N2O4S. The summed E-state index contributed by atoms with van der Waals surface area (Å²) < 4.78 is 11.5. The summed E-state index contributed by atoms with van der Waals surface area (Å²) in [5.41, 5.74) is 0. The number of nitrogens with one attached hydrogen (secondary N) is 1.